The summed E-state index contributed by atoms with van der Waals surface area (Å²) in [6.07, 6.45) is 7.67. The Labute approximate surface area is 190 Å². The minimum absolute atomic E-state index is 0.0430. The van der Waals surface area contributed by atoms with Crippen LogP contribution in [0.2, 0.25) is 0 Å². The van der Waals surface area contributed by atoms with E-state index in [4.69, 9.17) is 4.74 Å². The molecule has 6 nitrogen and oxygen atoms in total. The van der Waals surface area contributed by atoms with Crippen LogP contribution < -0.4 is 9.62 Å². The largest absolute Gasteiger partial charge is 0.378 e. The van der Waals surface area contributed by atoms with Gasteiger partial charge in [0, 0.05) is 31.2 Å². The molecule has 4 rings (SSSR count). The first-order valence-electron chi connectivity index (χ1n) is 11.4. The third-order valence-corrected chi connectivity index (χ3v) is 7.34. The standard InChI is InChI=1S/C24H32FN3O3S/c1-32(29,30)27-23-12-14-28(24-7-2-3-13-26-24)16-20(23)17-31-22-10-8-18(9-11-22)19-5-4-6-21(25)15-19/h2-7,13,15,18,20,22-23,27H,8-12,14,16-17H2,1H3/t18?,20?,22?,23-/m0/s1. The molecule has 1 aliphatic carbocycles. The fourth-order valence-electron chi connectivity index (χ4n) is 4.96. The van der Waals surface area contributed by atoms with Crippen LogP contribution >= 0.6 is 0 Å². The fourth-order valence-corrected chi connectivity index (χ4v) is 5.82. The highest BCUT2D eigenvalue weighted by Gasteiger charge is 2.33. The van der Waals surface area contributed by atoms with Crippen molar-refractivity contribution in [3.05, 3.63) is 60.0 Å². The van der Waals surface area contributed by atoms with E-state index in [0.29, 0.717) is 25.5 Å². The van der Waals surface area contributed by atoms with Crippen LogP contribution in [0.15, 0.2) is 48.7 Å². The van der Waals surface area contributed by atoms with Gasteiger partial charge in [0.25, 0.3) is 0 Å². The highest BCUT2D eigenvalue weighted by Crippen LogP contribution is 2.34. The van der Waals surface area contributed by atoms with Crippen molar-refractivity contribution in [2.45, 2.75) is 50.2 Å². The monoisotopic (exact) mass is 461 g/mol. The van der Waals surface area contributed by atoms with E-state index in [2.05, 4.69) is 14.6 Å². The summed E-state index contributed by atoms with van der Waals surface area (Å²) in [5.74, 6) is 1.15. The number of anilines is 1. The normalized spacial score (nSPS) is 26.8. The number of benzene rings is 1. The van der Waals surface area contributed by atoms with Crippen LogP contribution in [-0.2, 0) is 14.8 Å². The van der Waals surface area contributed by atoms with Gasteiger partial charge in [0.2, 0.25) is 10.0 Å². The number of piperidine rings is 1. The lowest BCUT2D eigenvalue weighted by Crippen LogP contribution is -2.52. The Kier molecular flexibility index (Phi) is 7.43. The molecule has 32 heavy (non-hydrogen) atoms. The molecule has 1 unspecified atom stereocenters. The number of hydrogen-bond donors (Lipinski definition) is 1. The number of rotatable bonds is 7. The number of ether oxygens (including phenoxy) is 1. The van der Waals surface area contributed by atoms with Crippen molar-refractivity contribution in [2.75, 3.05) is 30.9 Å². The van der Waals surface area contributed by atoms with E-state index >= 15 is 0 Å². The maximum Gasteiger partial charge on any atom is 0.208 e. The van der Waals surface area contributed by atoms with Crippen LogP contribution in [0.5, 0.6) is 0 Å². The van der Waals surface area contributed by atoms with E-state index in [1.54, 1.807) is 18.3 Å². The molecule has 0 amide bonds. The molecule has 8 heteroatoms. The number of pyridine rings is 1. The second kappa shape index (κ2) is 10.3. The maximum absolute atomic E-state index is 13.6. The summed E-state index contributed by atoms with van der Waals surface area (Å²) in [4.78, 5) is 6.65. The highest BCUT2D eigenvalue weighted by atomic mass is 32.2. The summed E-state index contributed by atoms with van der Waals surface area (Å²) in [7, 11) is -3.29. The minimum atomic E-state index is -3.29. The zero-order valence-corrected chi connectivity index (χ0v) is 19.3. The minimum Gasteiger partial charge on any atom is -0.378 e. The van der Waals surface area contributed by atoms with Crippen molar-refractivity contribution in [1.29, 1.82) is 0 Å². The number of nitrogens with zero attached hydrogens (tertiary/aromatic N) is 2. The highest BCUT2D eigenvalue weighted by molar-refractivity contribution is 7.88. The van der Waals surface area contributed by atoms with E-state index in [1.807, 2.05) is 24.3 Å². The zero-order chi connectivity index (χ0) is 22.6. The third-order valence-electron chi connectivity index (χ3n) is 6.61. The average molecular weight is 462 g/mol. The predicted molar refractivity (Wildman–Crippen MR) is 124 cm³/mol. The van der Waals surface area contributed by atoms with E-state index in [0.717, 1.165) is 43.6 Å². The van der Waals surface area contributed by atoms with Crippen LogP contribution in [0.3, 0.4) is 0 Å². The summed E-state index contributed by atoms with van der Waals surface area (Å²) in [5, 5.41) is 0. The van der Waals surface area contributed by atoms with Gasteiger partial charge in [-0.2, -0.15) is 0 Å². The first kappa shape index (κ1) is 23.1. The van der Waals surface area contributed by atoms with E-state index in [9.17, 15) is 12.8 Å². The van der Waals surface area contributed by atoms with Crippen molar-refractivity contribution < 1.29 is 17.5 Å². The van der Waals surface area contributed by atoms with Gasteiger partial charge in [-0.25, -0.2) is 22.5 Å². The lowest BCUT2D eigenvalue weighted by molar-refractivity contribution is -0.00214. The van der Waals surface area contributed by atoms with Gasteiger partial charge in [-0.1, -0.05) is 18.2 Å². The molecule has 0 spiro atoms. The molecule has 0 radical (unpaired) electrons. The Morgan fingerprint density at radius 2 is 1.94 bits per heavy atom. The number of nitrogens with one attached hydrogen (secondary N) is 1. The summed E-state index contributed by atoms with van der Waals surface area (Å²) in [6.45, 7) is 1.95. The molecular weight excluding hydrogens is 429 g/mol. The molecule has 1 aromatic carbocycles. The number of hydrogen-bond acceptors (Lipinski definition) is 5. The Hall–Kier alpha value is -2.03. The quantitative estimate of drug-likeness (QED) is 0.681. The molecule has 2 fully saturated rings. The fraction of sp³-hybridized carbons (Fsp3) is 0.542. The summed E-state index contributed by atoms with van der Waals surface area (Å²) in [5.41, 5.74) is 1.07. The van der Waals surface area contributed by atoms with Gasteiger partial charge in [0.05, 0.1) is 19.0 Å². The molecule has 1 aromatic heterocycles. The molecule has 1 saturated heterocycles. The molecule has 2 heterocycles. The Morgan fingerprint density at radius 3 is 2.62 bits per heavy atom. The first-order valence-corrected chi connectivity index (χ1v) is 13.3. The second-order valence-corrected chi connectivity index (χ2v) is 10.8. The predicted octanol–water partition coefficient (Wildman–Crippen LogP) is 3.71. The van der Waals surface area contributed by atoms with Crippen molar-refractivity contribution in [2.24, 2.45) is 5.92 Å². The van der Waals surface area contributed by atoms with Gasteiger partial charge in [-0.3, -0.25) is 0 Å². The Balaban J connectivity index is 1.34. The molecular formula is C24H32FN3O3S. The number of halogens is 1. The summed E-state index contributed by atoms with van der Waals surface area (Å²) >= 11 is 0. The molecule has 2 atom stereocenters. The van der Waals surface area contributed by atoms with E-state index in [-0.39, 0.29) is 23.9 Å². The maximum atomic E-state index is 13.6. The van der Waals surface area contributed by atoms with Gasteiger partial charge in [-0.05, 0) is 67.9 Å². The van der Waals surface area contributed by atoms with Gasteiger partial charge in [-0.15, -0.1) is 0 Å². The van der Waals surface area contributed by atoms with Gasteiger partial charge >= 0.3 is 0 Å². The lowest BCUT2D eigenvalue weighted by atomic mass is 9.82. The van der Waals surface area contributed by atoms with Crippen molar-refractivity contribution in [1.82, 2.24) is 9.71 Å². The average Bonchev–Trinajstić information content (AvgIpc) is 2.78. The van der Waals surface area contributed by atoms with Crippen LogP contribution in [0, 0.1) is 11.7 Å². The van der Waals surface area contributed by atoms with Crippen molar-refractivity contribution >= 4 is 15.8 Å². The van der Waals surface area contributed by atoms with Crippen LogP contribution in [0.1, 0.15) is 43.6 Å². The van der Waals surface area contributed by atoms with E-state index < -0.39 is 10.0 Å². The van der Waals surface area contributed by atoms with Gasteiger partial charge < -0.3 is 9.64 Å². The van der Waals surface area contributed by atoms with Gasteiger partial charge in [0.15, 0.2) is 0 Å². The summed E-state index contributed by atoms with van der Waals surface area (Å²) in [6, 6.07) is 12.6. The zero-order valence-electron chi connectivity index (χ0n) is 18.5. The molecule has 2 aliphatic rings. The van der Waals surface area contributed by atoms with Crippen LogP contribution in [0.25, 0.3) is 0 Å². The number of sulfonamides is 1. The van der Waals surface area contributed by atoms with Gasteiger partial charge in [0.1, 0.15) is 11.6 Å². The molecule has 2 aromatic rings. The first-order chi connectivity index (χ1) is 15.4. The second-order valence-electron chi connectivity index (χ2n) is 9.04. The van der Waals surface area contributed by atoms with E-state index in [1.165, 1.54) is 12.3 Å². The molecule has 0 bridgehead atoms. The Morgan fingerprint density at radius 1 is 1.12 bits per heavy atom. The van der Waals surface area contributed by atoms with Crippen LogP contribution in [-0.4, -0.2) is 51.5 Å². The molecule has 1 N–H and O–H groups in total. The third kappa shape index (κ3) is 6.27. The smallest absolute Gasteiger partial charge is 0.208 e. The van der Waals surface area contributed by atoms with Crippen molar-refractivity contribution in [3.63, 3.8) is 0 Å². The number of aromatic nitrogens is 1. The van der Waals surface area contributed by atoms with Crippen LogP contribution in [0.4, 0.5) is 10.2 Å². The topological polar surface area (TPSA) is 71.5 Å². The summed E-state index contributed by atoms with van der Waals surface area (Å²) < 4.78 is 46.5. The van der Waals surface area contributed by atoms with Crippen molar-refractivity contribution in [3.8, 4) is 0 Å². The molecule has 1 aliphatic heterocycles. The molecule has 1 saturated carbocycles. The Bertz CT molecular complexity index is 981. The molecule has 174 valence electrons. The lowest BCUT2D eigenvalue weighted by Gasteiger charge is -2.40. The SMILES string of the molecule is CS(=O)(=O)N[C@H]1CCN(c2ccccn2)CC1COC1CCC(c2cccc(F)c2)CC1.